The van der Waals surface area contributed by atoms with Gasteiger partial charge >= 0.3 is 0 Å². The van der Waals surface area contributed by atoms with Crippen molar-refractivity contribution in [1.29, 1.82) is 0 Å². The molecule has 1 aromatic heterocycles. The van der Waals surface area contributed by atoms with Crippen LogP contribution < -0.4 is 15.7 Å². The minimum atomic E-state index is -0.382. The number of hydrogen-bond acceptors (Lipinski definition) is 6. The van der Waals surface area contributed by atoms with E-state index < -0.39 is 0 Å². The van der Waals surface area contributed by atoms with E-state index in [4.69, 9.17) is 16.8 Å². The molecule has 8 nitrogen and oxygen atoms in total. The summed E-state index contributed by atoms with van der Waals surface area (Å²) in [5.41, 5.74) is 3.56. The van der Waals surface area contributed by atoms with E-state index in [1.54, 1.807) is 11.5 Å². The summed E-state index contributed by atoms with van der Waals surface area (Å²) in [6.07, 6.45) is 6.49. The summed E-state index contributed by atoms with van der Waals surface area (Å²) in [6.45, 7) is 8.52. The molecule has 1 heterocycles. The molecule has 3 rings (SSSR count). The Kier molecular flexibility index (Phi) is 16.0. The number of anilines is 3. The first-order chi connectivity index (χ1) is 18.1. The van der Waals surface area contributed by atoms with Crippen LogP contribution >= 0.6 is 11.6 Å². The molecule has 3 aromatic rings. The normalized spacial score (nSPS) is 9.68. The van der Waals surface area contributed by atoms with E-state index in [2.05, 4.69) is 15.3 Å². The molecule has 200 valence electrons. The lowest BCUT2D eigenvalue weighted by molar-refractivity contribution is -0.129. The zero-order chi connectivity index (χ0) is 27.5. The minimum absolute atomic E-state index is 0.245. The molecule has 0 saturated heterocycles. The summed E-state index contributed by atoms with van der Waals surface area (Å²) < 4.78 is 0. The van der Waals surface area contributed by atoms with Crippen molar-refractivity contribution in [2.45, 2.75) is 59.8 Å². The molecule has 0 atom stereocenters. The number of rotatable bonds is 11. The van der Waals surface area contributed by atoms with Gasteiger partial charge in [0, 0.05) is 31.0 Å². The van der Waals surface area contributed by atoms with Crippen LogP contribution in [0.2, 0.25) is 5.02 Å². The van der Waals surface area contributed by atoms with Gasteiger partial charge in [0.15, 0.2) is 0 Å². The molecule has 37 heavy (non-hydrogen) atoms. The second-order valence-corrected chi connectivity index (χ2v) is 7.76. The predicted octanol–water partition coefficient (Wildman–Crippen LogP) is 6.84. The number of nitrogens with zero attached hydrogens (tertiary/aromatic N) is 3. The van der Waals surface area contributed by atoms with Crippen molar-refractivity contribution in [3.63, 3.8) is 0 Å². The Labute approximate surface area is 225 Å². The van der Waals surface area contributed by atoms with Gasteiger partial charge in [-0.2, -0.15) is 0 Å². The van der Waals surface area contributed by atoms with Crippen molar-refractivity contribution < 1.29 is 14.8 Å². The number of aromatic nitrogens is 2. The summed E-state index contributed by atoms with van der Waals surface area (Å²) in [7, 11) is 0. The van der Waals surface area contributed by atoms with Gasteiger partial charge in [0.05, 0.1) is 16.3 Å². The van der Waals surface area contributed by atoms with Crippen LogP contribution in [-0.4, -0.2) is 33.5 Å². The maximum Gasteiger partial charge on any atom is 0.254 e. The fourth-order valence-corrected chi connectivity index (χ4v) is 3.47. The molecule has 0 aliphatic carbocycles. The molecule has 2 amide bonds. The molecule has 0 bridgehead atoms. The quantitative estimate of drug-likeness (QED) is 0.143. The van der Waals surface area contributed by atoms with Crippen LogP contribution in [0.3, 0.4) is 0 Å². The van der Waals surface area contributed by atoms with E-state index in [0.29, 0.717) is 35.9 Å². The number of halogens is 1. The maximum absolute atomic E-state index is 12.4. The Bertz CT molecular complexity index is 1050. The van der Waals surface area contributed by atoms with E-state index in [0.717, 1.165) is 30.6 Å². The van der Waals surface area contributed by atoms with Crippen molar-refractivity contribution in [1.82, 2.24) is 20.8 Å². The molecule has 2 aromatic carbocycles. The third-order valence-corrected chi connectivity index (χ3v) is 5.27. The number of hydroxylamine groups is 1. The van der Waals surface area contributed by atoms with Gasteiger partial charge in [-0.25, -0.2) is 15.4 Å². The first-order valence-corrected chi connectivity index (χ1v) is 13.1. The van der Waals surface area contributed by atoms with Crippen LogP contribution in [0.25, 0.3) is 0 Å². The largest absolute Gasteiger partial charge is 0.352 e. The monoisotopic (exact) mass is 527 g/mol. The van der Waals surface area contributed by atoms with E-state index >= 15 is 0 Å². The zero-order valence-electron chi connectivity index (χ0n) is 22.1. The highest BCUT2D eigenvalue weighted by Gasteiger charge is 2.18. The SMILES string of the molecule is CC.CC.O=C(CCCCCCNC(=O)c1cnc(N(c2ccccc2)c2ccccc2Cl)nc1)NO. The average molecular weight is 528 g/mol. The molecular weight excluding hydrogens is 490 g/mol. The van der Waals surface area contributed by atoms with Gasteiger partial charge in [-0.3, -0.25) is 19.7 Å². The maximum atomic E-state index is 12.4. The highest BCUT2D eigenvalue weighted by molar-refractivity contribution is 6.33. The van der Waals surface area contributed by atoms with E-state index in [-0.39, 0.29) is 11.8 Å². The Morgan fingerprint density at radius 1 is 0.865 bits per heavy atom. The average Bonchev–Trinajstić information content (AvgIpc) is 2.96. The number of para-hydroxylation sites is 2. The standard InChI is InChI=1S/C24H26ClN5O3.2C2H6/c25-20-12-7-8-13-21(20)30(19-10-4-3-5-11-19)24-27-16-18(17-28-24)23(32)26-15-9-2-1-6-14-22(31)29-33;2*1-2/h3-5,7-8,10-13,16-17,33H,1-2,6,9,14-15H2,(H,26,32)(H,29,31);2*1-2H3. The molecule has 0 aliphatic rings. The van der Waals surface area contributed by atoms with Crippen LogP contribution in [0.4, 0.5) is 17.3 Å². The van der Waals surface area contributed by atoms with E-state index in [9.17, 15) is 9.59 Å². The molecule has 9 heteroatoms. The van der Waals surface area contributed by atoms with Crippen molar-refractivity contribution >= 4 is 40.7 Å². The van der Waals surface area contributed by atoms with Crippen molar-refractivity contribution in [2.75, 3.05) is 11.4 Å². The summed E-state index contributed by atoms with van der Waals surface area (Å²) in [5, 5.41) is 11.9. The van der Waals surface area contributed by atoms with Gasteiger partial charge < -0.3 is 5.32 Å². The summed E-state index contributed by atoms with van der Waals surface area (Å²) in [4.78, 5) is 34.1. The lowest BCUT2D eigenvalue weighted by Gasteiger charge is -2.23. The molecule has 3 N–H and O–H groups in total. The third-order valence-electron chi connectivity index (χ3n) is 4.95. The second-order valence-electron chi connectivity index (χ2n) is 7.35. The van der Waals surface area contributed by atoms with Crippen LogP contribution in [-0.2, 0) is 4.79 Å². The molecule has 0 saturated carbocycles. The fourth-order valence-electron chi connectivity index (χ4n) is 3.25. The molecule has 0 unspecified atom stereocenters. The van der Waals surface area contributed by atoms with Crippen molar-refractivity contribution in [3.8, 4) is 0 Å². The summed E-state index contributed by atoms with van der Waals surface area (Å²) in [5.74, 6) is -0.227. The van der Waals surface area contributed by atoms with Gasteiger partial charge in [-0.15, -0.1) is 0 Å². The minimum Gasteiger partial charge on any atom is -0.352 e. The molecular formula is C28H38ClN5O3. The predicted molar refractivity (Wildman–Crippen MR) is 150 cm³/mol. The van der Waals surface area contributed by atoms with Gasteiger partial charge in [-0.05, 0) is 37.1 Å². The van der Waals surface area contributed by atoms with Crippen LogP contribution in [0.15, 0.2) is 67.0 Å². The molecule has 0 fully saturated rings. The summed E-state index contributed by atoms with van der Waals surface area (Å²) in [6, 6.07) is 17.1. The van der Waals surface area contributed by atoms with E-state index in [1.165, 1.54) is 12.4 Å². The Hall–Kier alpha value is -3.49. The first kappa shape index (κ1) is 31.5. The third kappa shape index (κ3) is 10.6. The van der Waals surface area contributed by atoms with Crippen LogP contribution in [0.1, 0.15) is 70.2 Å². The second kappa shape index (κ2) is 18.7. The Morgan fingerprint density at radius 3 is 2.08 bits per heavy atom. The van der Waals surface area contributed by atoms with Crippen LogP contribution in [0, 0.1) is 0 Å². The smallest absolute Gasteiger partial charge is 0.254 e. The Balaban J connectivity index is 0.00000163. The topological polar surface area (TPSA) is 107 Å². The van der Waals surface area contributed by atoms with E-state index in [1.807, 2.05) is 81.1 Å². The number of hydrogen-bond donors (Lipinski definition) is 3. The number of benzene rings is 2. The zero-order valence-corrected chi connectivity index (χ0v) is 22.8. The molecule has 0 radical (unpaired) electrons. The number of carbonyl (C=O) groups excluding carboxylic acids is 2. The number of carbonyl (C=O) groups is 2. The molecule has 0 spiro atoms. The van der Waals surface area contributed by atoms with Gasteiger partial charge in [-0.1, -0.05) is 82.5 Å². The van der Waals surface area contributed by atoms with Crippen LogP contribution in [0.5, 0.6) is 0 Å². The van der Waals surface area contributed by atoms with Crippen molar-refractivity contribution in [2.24, 2.45) is 0 Å². The molecule has 0 aliphatic heterocycles. The Morgan fingerprint density at radius 2 is 1.46 bits per heavy atom. The number of nitrogens with one attached hydrogen (secondary N) is 2. The lowest BCUT2D eigenvalue weighted by atomic mass is 10.1. The van der Waals surface area contributed by atoms with Gasteiger partial charge in [0.1, 0.15) is 0 Å². The summed E-state index contributed by atoms with van der Waals surface area (Å²) >= 11 is 6.43. The van der Waals surface area contributed by atoms with Crippen molar-refractivity contribution in [3.05, 3.63) is 77.6 Å². The van der Waals surface area contributed by atoms with Gasteiger partial charge in [0.25, 0.3) is 5.91 Å². The number of amides is 2. The number of unbranched alkanes of at least 4 members (excludes halogenated alkanes) is 3. The fraction of sp³-hybridized carbons (Fsp3) is 0.357. The lowest BCUT2D eigenvalue weighted by Crippen LogP contribution is -2.25. The highest BCUT2D eigenvalue weighted by Crippen LogP contribution is 2.36. The highest BCUT2D eigenvalue weighted by atomic mass is 35.5. The first-order valence-electron chi connectivity index (χ1n) is 12.7. The van der Waals surface area contributed by atoms with Gasteiger partial charge in [0.2, 0.25) is 11.9 Å².